The van der Waals surface area contributed by atoms with Crippen molar-refractivity contribution in [2.24, 2.45) is 0 Å². The quantitative estimate of drug-likeness (QED) is 0.664. The summed E-state index contributed by atoms with van der Waals surface area (Å²) in [5.74, 6) is 0.222. The van der Waals surface area contributed by atoms with E-state index in [9.17, 15) is 9.59 Å². The average Bonchev–Trinajstić information content (AvgIpc) is 2.28. The van der Waals surface area contributed by atoms with Gasteiger partial charge in [0.2, 0.25) is 0 Å². The molecule has 0 bridgehead atoms. The Balaban J connectivity index is 2.15. The minimum atomic E-state index is -0.291. The van der Waals surface area contributed by atoms with Crippen LogP contribution in [0.1, 0.15) is 46.0 Å². The van der Waals surface area contributed by atoms with Crippen LogP contribution >= 0.6 is 0 Å². The predicted octanol–water partition coefficient (Wildman–Crippen LogP) is 1.83. The van der Waals surface area contributed by atoms with Gasteiger partial charge in [-0.25, -0.2) is 0 Å². The van der Waals surface area contributed by atoms with Crippen LogP contribution in [0.25, 0.3) is 0 Å². The summed E-state index contributed by atoms with van der Waals surface area (Å²) in [5.41, 5.74) is 0. The van der Waals surface area contributed by atoms with E-state index in [1.807, 2.05) is 0 Å². The Morgan fingerprint density at radius 1 is 1.00 bits per heavy atom. The Labute approximate surface area is 108 Å². The minimum absolute atomic E-state index is 0.111. The molecule has 1 aliphatic heterocycles. The lowest BCUT2D eigenvalue weighted by molar-refractivity contribution is -0.266. The van der Waals surface area contributed by atoms with E-state index in [1.54, 1.807) is 13.8 Å². The molecule has 0 aromatic carbocycles. The van der Waals surface area contributed by atoms with Crippen molar-refractivity contribution in [3.05, 3.63) is 0 Å². The molecule has 0 amide bonds. The zero-order valence-corrected chi connectivity index (χ0v) is 11.1. The maximum absolute atomic E-state index is 10.8. The Morgan fingerprint density at radius 3 is 1.83 bits per heavy atom. The lowest BCUT2D eigenvalue weighted by Gasteiger charge is -2.29. The first-order chi connectivity index (χ1) is 8.58. The van der Waals surface area contributed by atoms with Crippen LogP contribution in [0.3, 0.4) is 0 Å². The van der Waals surface area contributed by atoms with Crippen molar-refractivity contribution in [1.29, 1.82) is 0 Å². The fourth-order valence-electron chi connectivity index (χ4n) is 1.67. The summed E-state index contributed by atoms with van der Waals surface area (Å²) in [4.78, 5) is 21.6. The molecule has 1 heterocycles. The van der Waals surface area contributed by atoms with E-state index in [0.29, 0.717) is 26.1 Å². The van der Waals surface area contributed by atoms with E-state index in [4.69, 9.17) is 14.2 Å². The minimum Gasteiger partial charge on any atom is -0.352 e. The van der Waals surface area contributed by atoms with Gasteiger partial charge in [-0.1, -0.05) is 0 Å². The Bertz CT molecular complexity index is 251. The highest BCUT2D eigenvalue weighted by atomic mass is 16.8. The number of hydrogen-bond acceptors (Lipinski definition) is 5. The Hall–Kier alpha value is -0.780. The van der Waals surface area contributed by atoms with E-state index in [0.717, 1.165) is 19.3 Å². The first-order valence-electron chi connectivity index (χ1n) is 6.45. The fraction of sp³-hybridized carbons (Fsp3) is 0.846. The molecule has 0 radical (unpaired) electrons. The van der Waals surface area contributed by atoms with Crippen LogP contribution < -0.4 is 0 Å². The van der Waals surface area contributed by atoms with Crippen LogP contribution in [0.4, 0.5) is 0 Å². The first kappa shape index (κ1) is 15.3. The molecule has 2 atom stereocenters. The molecule has 0 aromatic rings. The molecule has 0 saturated carbocycles. The van der Waals surface area contributed by atoms with Crippen molar-refractivity contribution in [2.75, 3.05) is 13.2 Å². The molecule has 1 fully saturated rings. The maximum atomic E-state index is 10.8. The topological polar surface area (TPSA) is 61.8 Å². The van der Waals surface area contributed by atoms with Gasteiger partial charge in [-0.15, -0.1) is 0 Å². The molecule has 0 N–H and O–H groups in total. The molecule has 104 valence electrons. The smallest absolute Gasteiger partial charge is 0.160 e. The summed E-state index contributed by atoms with van der Waals surface area (Å²) in [5, 5.41) is 0. The molecule has 0 aliphatic carbocycles. The molecular weight excluding hydrogens is 236 g/mol. The molecular formula is C13H22O5. The van der Waals surface area contributed by atoms with Crippen molar-refractivity contribution in [3.8, 4) is 0 Å². The number of hydrogen-bond donors (Lipinski definition) is 0. The fourth-order valence-corrected chi connectivity index (χ4v) is 1.67. The molecule has 2 unspecified atom stereocenters. The van der Waals surface area contributed by atoms with Gasteiger partial charge in [-0.2, -0.15) is 0 Å². The predicted molar refractivity (Wildman–Crippen MR) is 65.0 cm³/mol. The first-order valence-corrected chi connectivity index (χ1v) is 6.45. The third-order valence-electron chi connectivity index (χ3n) is 2.70. The number of ether oxygens (including phenoxy) is 3. The van der Waals surface area contributed by atoms with Crippen molar-refractivity contribution in [1.82, 2.24) is 0 Å². The summed E-state index contributed by atoms with van der Waals surface area (Å²) in [6, 6.07) is 0. The molecule has 5 heteroatoms. The van der Waals surface area contributed by atoms with E-state index >= 15 is 0 Å². The molecule has 1 rings (SSSR count). The van der Waals surface area contributed by atoms with E-state index in [2.05, 4.69) is 0 Å². The number of carbonyl (C=O) groups excluding carboxylic acids is 2. The van der Waals surface area contributed by atoms with Crippen LogP contribution in [-0.2, 0) is 23.8 Å². The maximum Gasteiger partial charge on any atom is 0.160 e. The lowest BCUT2D eigenvalue weighted by atomic mass is 10.2. The van der Waals surface area contributed by atoms with Crippen molar-refractivity contribution in [2.45, 2.75) is 58.5 Å². The van der Waals surface area contributed by atoms with Crippen LogP contribution in [0.15, 0.2) is 0 Å². The highest BCUT2D eigenvalue weighted by Crippen LogP contribution is 2.21. The van der Waals surface area contributed by atoms with Crippen LogP contribution in [-0.4, -0.2) is 37.4 Å². The summed E-state index contributed by atoms with van der Waals surface area (Å²) in [6.07, 6.45) is 2.86. The van der Waals surface area contributed by atoms with Gasteiger partial charge in [0, 0.05) is 12.8 Å². The number of ketones is 2. The molecule has 1 saturated heterocycles. The van der Waals surface area contributed by atoms with Gasteiger partial charge in [0.05, 0.1) is 13.2 Å². The van der Waals surface area contributed by atoms with Gasteiger partial charge in [0.15, 0.2) is 12.6 Å². The third-order valence-corrected chi connectivity index (χ3v) is 2.70. The SMILES string of the molecule is CC(=O)CCOC1CCCC(OCCC(C)=O)O1. The summed E-state index contributed by atoms with van der Waals surface area (Å²) < 4.78 is 16.5. The van der Waals surface area contributed by atoms with Crippen LogP contribution in [0, 0.1) is 0 Å². The number of carbonyl (C=O) groups is 2. The van der Waals surface area contributed by atoms with Crippen molar-refractivity contribution in [3.63, 3.8) is 0 Å². The van der Waals surface area contributed by atoms with Gasteiger partial charge in [-0.3, -0.25) is 9.59 Å². The van der Waals surface area contributed by atoms with Crippen molar-refractivity contribution < 1.29 is 23.8 Å². The third kappa shape index (κ3) is 6.83. The molecule has 5 nitrogen and oxygen atoms in total. The Kier molecular flexibility index (Phi) is 7.08. The average molecular weight is 258 g/mol. The van der Waals surface area contributed by atoms with Gasteiger partial charge in [-0.05, 0) is 33.1 Å². The van der Waals surface area contributed by atoms with E-state index in [1.165, 1.54) is 0 Å². The molecule has 1 aliphatic rings. The second-order valence-electron chi connectivity index (χ2n) is 4.57. The van der Waals surface area contributed by atoms with Gasteiger partial charge in [0.25, 0.3) is 0 Å². The zero-order chi connectivity index (χ0) is 13.4. The van der Waals surface area contributed by atoms with Gasteiger partial charge >= 0.3 is 0 Å². The van der Waals surface area contributed by atoms with Crippen LogP contribution in [0.2, 0.25) is 0 Å². The van der Waals surface area contributed by atoms with E-state index < -0.39 is 0 Å². The van der Waals surface area contributed by atoms with E-state index in [-0.39, 0.29) is 24.1 Å². The highest BCUT2D eigenvalue weighted by molar-refractivity contribution is 5.75. The Morgan fingerprint density at radius 2 is 1.44 bits per heavy atom. The summed E-state index contributed by atoms with van der Waals surface area (Å²) >= 11 is 0. The molecule has 0 aromatic heterocycles. The second-order valence-corrected chi connectivity index (χ2v) is 4.57. The standard InChI is InChI=1S/C13H22O5/c1-10(14)6-8-16-12-4-3-5-13(18-12)17-9-7-11(2)15/h12-13H,3-9H2,1-2H3. The normalized spacial score (nSPS) is 23.9. The monoisotopic (exact) mass is 258 g/mol. The molecule has 0 spiro atoms. The zero-order valence-electron chi connectivity index (χ0n) is 11.1. The number of Topliss-reactive ketones (excluding diaryl/α,β-unsaturated/α-hetero) is 2. The highest BCUT2D eigenvalue weighted by Gasteiger charge is 2.23. The van der Waals surface area contributed by atoms with Crippen LogP contribution in [0.5, 0.6) is 0 Å². The van der Waals surface area contributed by atoms with Gasteiger partial charge < -0.3 is 14.2 Å². The number of rotatable bonds is 8. The summed E-state index contributed by atoms with van der Waals surface area (Å²) in [6.45, 7) is 3.86. The second kappa shape index (κ2) is 8.34. The van der Waals surface area contributed by atoms with Crippen molar-refractivity contribution >= 4 is 11.6 Å². The largest absolute Gasteiger partial charge is 0.352 e. The van der Waals surface area contributed by atoms with Gasteiger partial charge in [0.1, 0.15) is 11.6 Å². The summed E-state index contributed by atoms with van der Waals surface area (Å²) in [7, 11) is 0. The lowest BCUT2D eigenvalue weighted by Crippen LogP contribution is -2.32. The molecule has 18 heavy (non-hydrogen) atoms.